The molecule has 0 unspecified atom stereocenters. The van der Waals surface area contributed by atoms with Gasteiger partial charge in [0.2, 0.25) is 0 Å². The maximum Gasteiger partial charge on any atom is 0.191 e. The number of hydrogen-bond acceptors (Lipinski definition) is 4. The van der Waals surface area contributed by atoms with Crippen LogP contribution in [-0.2, 0) is 21.8 Å². The second-order valence-electron chi connectivity index (χ2n) is 5.43. The lowest BCUT2D eigenvalue weighted by Gasteiger charge is -2.12. The number of rotatable bonds is 12. The summed E-state index contributed by atoms with van der Waals surface area (Å²) in [5.41, 5.74) is 2.05. The lowest BCUT2D eigenvalue weighted by atomic mass is 10.1. The van der Waals surface area contributed by atoms with Gasteiger partial charge in [0.05, 0.1) is 19.8 Å². The van der Waals surface area contributed by atoms with E-state index in [0.717, 1.165) is 42.3 Å². The van der Waals surface area contributed by atoms with Crippen molar-refractivity contribution in [1.29, 1.82) is 0 Å². The van der Waals surface area contributed by atoms with Crippen molar-refractivity contribution in [3.8, 4) is 0 Å². The summed E-state index contributed by atoms with van der Waals surface area (Å²) in [5.74, 6) is 1.35. The van der Waals surface area contributed by atoms with E-state index in [9.17, 15) is 4.39 Å². The minimum atomic E-state index is -0.199. The summed E-state index contributed by atoms with van der Waals surface area (Å²) in [6.45, 7) is 6.04. The van der Waals surface area contributed by atoms with E-state index in [1.54, 1.807) is 24.9 Å². The number of hydrogen-bond donors (Lipinski definition) is 2. The zero-order valence-corrected chi connectivity index (χ0v) is 19.0. The molecule has 0 heterocycles. The van der Waals surface area contributed by atoms with Crippen molar-refractivity contribution < 1.29 is 13.9 Å². The van der Waals surface area contributed by atoms with E-state index in [0.29, 0.717) is 26.4 Å². The molecule has 1 aromatic carbocycles. The maximum atomic E-state index is 13.4. The molecule has 0 saturated carbocycles. The Hall–Kier alpha value is -0.580. The third-order valence-electron chi connectivity index (χ3n) is 3.41. The molecular weight excluding hydrogens is 468 g/mol. The Morgan fingerprint density at radius 3 is 2.69 bits per heavy atom. The van der Waals surface area contributed by atoms with E-state index in [-0.39, 0.29) is 29.8 Å². The molecule has 0 spiro atoms. The van der Waals surface area contributed by atoms with E-state index < -0.39 is 0 Å². The molecule has 26 heavy (non-hydrogen) atoms. The third kappa shape index (κ3) is 11.2. The van der Waals surface area contributed by atoms with Gasteiger partial charge in [0.25, 0.3) is 0 Å². The summed E-state index contributed by atoms with van der Waals surface area (Å²) in [6.07, 6.45) is 2.90. The van der Waals surface area contributed by atoms with E-state index >= 15 is 0 Å². The molecule has 0 aliphatic rings. The van der Waals surface area contributed by atoms with E-state index in [1.807, 2.05) is 19.2 Å². The van der Waals surface area contributed by atoms with Crippen LogP contribution < -0.4 is 10.6 Å². The number of ether oxygens (including phenoxy) is 2. The van der Waals surface area contributed by atoms with Crippen molar-refractivity contribution in [2.24, 2.45) is 4.99 Å². The number of benzene rings is 1. The molecule has 0 bridgehead atoms. The normalized spacial score (nSPS) is 11.2. The molecule has 0 aliphatic heterocycles. The molecule has 0 saturated heterocycles. The number of guanidine groups is 1. The van der Waals surface area contributed by atoms with Crippen LogP contribution in [0.15, 0.2) is 23.2 Å². The van der Waals surface area contributed by atoms with Gasteiger partial charge in [0.1, 0.15) is 5.82 Å². The highest BCUT2D eigenvalue weighted by Gasteiger charge is 2.04. The summed E-state index contributed by atoms with van der Waals surface area (Å²) >= 11 is 1.68. The van der Waals surface area contributed by atoms with Gasteiger partial charge >= 0.3 is 0 Å². The zero-order chi connectivity index (χ0) is 18.3. The van der Waals surface area contributed by atoms with Crippen molar-refractivity contribution in [2.75, 3.05) is 46.3 Å². The highest BCUT2D eigenvalue weighted by atomic mass is 127. The summed E-state index contributed by atoms with van der Waals surface area (Å²) < 4.78 is 23.8. The van der Waals surface area contributed by atoms with Crippen LogP contribution in [0.25, 0.3) is 0 Å². The Bertz CT molecular complexity index is 521. The van der Waals surface area contributed by atoms with E-state index in [2.05, 4.69) is 15.6 Å². The van der Waals surface area contributed by atoms with Crippen LogP contribution >= 0.6 is 35.7 Å². The molecule has 150 valence electrons. The first-order chi connectivity index (χ1) is 12.2. The molecule has 0 radical (unpaired) electrons. The van der Waals surface area contributed by atoms with Crippen molar-refractivity contribution in [3.05, 3.63) is 35.1 Å². The number of methoxy groups -OCH3 is 1. The van der Waals surface area contributed by atoms with Crippen LogP contribution in [0.1, 0.15) is 24.5 Å². The van der Waals surface area contributed by atoms with Crippen LogP contribution in [0.5, 0.6) is 0 Å². The van der Waals surface area contributed by atoms with Gasteiger partial charge in [-0.3, -0.25) is 0 Å². The number of aliphatic imine (C=N–C) groups is 1. The SMILES string of the molecule is CCNC(=NCc1ccc(F)cc1CSC)NCCCOCCOC.I. The van der Waals surface area contributed by atoms with Gasteiger partial charge in [0, 0.05) is 32.6 Å². The maximum absolute atomic E-state index is 13.4. The fourth-order valence-corrected chi connectivity index (χ4v) is 2.75. The van der Waals surface area contributed by atoms with E-state index in [4.69, 9.17) is 9.47 Å². The van der Waals surface area contributed by atoms with Gasteiger partial charge in [-0.15, -0.1) is 24.0 Å². The summed E-state index contributed by atoms with van der Waals surface area (Å²) in [7, 11) is 1.66. The molecule has 0 aliphatic carbocycles. The van der Waals surface area contributed by atoms with Crippen molar-refractivity contribution in [1.82, 2.24) is 10.6 Å². The van der Waals surface area contributed by atoms with Gasteiger partial charge in [-0.05, 0) is 42.9 Å². The summed E-state index contributed by atoms with van der Waals surface area (Å²) in [5, 5.41) is 6.52. The fraction of sp³-hybridized carbons (Fsp3) is 0.611. The van der Waals surface area contributed by atoms with Crippen LogP contribution in [0.3, 0.4) is 0 Å². The monoisotopic (exact) mass is 499 g/mol. The average Bonchev–Trinajstić information content (AvgIpc) is 2.60. The number of halogens is 2. The second-order valence-corrected chi connectivity index (χ2v) is 6.29. The van der Waals surface area contributed by atoms with Crippen LogP contribution in [0.2, 0.25) is 0 Å². The first kappa shape index (κ1) is 25.4. The largest absolute Gasteiger partial charge is 0.382 e. The predicted octanol–water partition coefficient (Wildman–Crippen LogP) is 3.41. The first-order valence-electron chi connectivity index (χ1n) is 8.56. The lowest BCUT2D eigenvalue weighted by molar-refractivity contribution is 0.0698. The minimum Gasteiger partial charge on any atom is -0.382 e. The molecule has 1 aromatic rings. The number of thioether (sulfide) groups is 1. The molecule has 5 nitrogen and oxygen atoms in total. The smallest absolute Gasteiger partial charge is 0.191 e. The summed E-state index contributed by atoms with van der Waals surface area (Å²) in [6, 6.07) is 4.91. The molecule has 1 rings (SSSR count). The molecule has 0 amide bonds. The minimum absolute atomic E-state index is 0. The molecule has 0 fully saturated rings. The average molecular weight is 499 g/mol. The van der Waals surface area contributed by atoms with Crippen molar-refractivity contribution in [2.45, 2.75) is 25.6 Å². The zero-order valence-electron chi connectivity index (χ0n) is 15.8. The Morgan fingerprint density at radius 1 is 1.19 bits per heavy atom. The molecular formula is C18H31FIN3O2S. The van der Waals surface area contributed by atoms with Gasteiger partial charge in [-0.25, -0.2) is 9.38 Å². The Balaban J connectivity index is 0.00000625. The van der Waals surface area contributed by atoms with E-state index in [1.165, 1.54) is 6.07 Å². The van der Waals surface area contributed by atoms with Gasteiger partial charge in [0.15, 0.2) is 5.96 Å². The Labute approximate surface area is 177 Å². The molecule has 8 heteroatoms. The number of nitrogens with one attached hydrogen (secondary N) is 2. The molecule has 0 aromatic heterocycles. The molecule has 2 N–H and O–H groups in total. The first-order valence-corrected chi connectivity index (χ1v) is 9.95. The van der Waals surface area contributed by atoms with Gasteiger partial charge < -0.3 is 20.1 Å². The lowest BCUT2D eigenvalue weighted by Crippen LogP contribution is -2.38. The highest BCUT2D eigenvalue weighted by molar-refractivity contribution is 14.0. The van der Waals surface area contributed by atoms with Crippen LogP contribution in [0, 0.1) is 5.82 Å². The number of nitrogens with zero attached hydrogens (tertiary/aromatic N) is 1. The molecule has 0 atom stereocenters. The third-order valence-corrected chi connectivity index (χ3v) is 4.01. The highest BCUT2D eigenvalue weighted by Crippen LogP contribution is 2.17. The predicted molar refractivity (Wildman–Crippen MR) is 119 cm³/mol. The standard InChI is InChI=1S/C18H30FN3O2S.HI/c1-4-20-18(21-8-5-9-24-11-10-23-2)22-13-15-6-7-17(19)12-16(15)14-25-3;/h6-7,12H,4-5,8-11,13-14H2,1-3H3,(H2,20,21,22);1H. The Morgan fingerprint density at radius 2 is 2.00 bits per heavy atom. The van der Waals surface area contributed by atoms with Crippen molar-refractivity contribution in [3.63, 3.8) is 0 Å². The van der Waals surface area contributed by atoms with Crippen LogP contribution in [0.4, 0.5) is 4.39 Å². The fourth-order valence-electron chi connectivity index (χ4n) is 2.17. The van der Waals surface area contributed by atoms with Crippen LogP contribution in [-0.4, -0.2) is 52.2 Å². The quantitative estimate of drug-likeness (QED) is 0.200. The Kier molecular flexibility index (Phi) is 16.2. The topological polar surface area (TPSA) is 54.9 Å². The van der Waals surface area contributed by atoms with Gasteiger partial charge in [-0.1, -0.05) is 6.07 Å². The van der Waals surface area contributed by atoms with Gasteiger partial charge in [-0.2, -0.15) is 11.8 Å². The summed E-state index contributed by atoms with van der Waals surface area (Å²) in [4.78, 5) is 4.61. The second kappa shape index (κ2) is 16.6. The van der Waals surface area contributed by atoms with Crippen molar-refractivity contribution >= 4 is 41.7 Å².